The second kappa shape index (κ2) is 12.9. The van der Waals surface area contributed by atoms with Gasteiger partial charge < -0.3 is 9.13 Å². The molecule has 2 nitrogen and oxygen atoms in total. The van der Waals surface area contributed by atoms with Gasteiger partial charge in [-0.2, -0.15) is 0 Å². The Labute approximate surface area is 368 Å². The molecule has 0 bridgehead atoms. The van der Waals surface area contributed by atoms with Crippen LogP contribution in [0.5, 0.6) is 0 Å². The van der Waals surface area contributed by atoms with Gasteiger partial charge in [0, 0.05) is 32.9 Å². The zero-order valence-electron chi connectivity index (χ0n) is 36.3. The Kier molecular flexibility index (Phi) is 7.49. The molecule has 2 aromatic heterocycles. The summed E-state index contributed by atoms with van der Waals surface area (Å²) in [6.07, 6.45) is 2.33. The minimum atomic E-state index is -0.498. The first-order valence-electron chi connectivity index (χ1n) is 22.6. The fraction of sp³-hybridized carbons (Fsp3) is 0.148. The van der Waals surface area contributed by atoms with E-state index in [0.717, 1.165) is 6.42 Å². The number of hydrogen-bond acceptors (Lipinski definition) is 0. The van der Waals surface area contributed by atoms with E-state index < -0.39 is 5.41 Å². The van der Waals surface area contributed by atoms with Crippen molar-refractivity contribution >= 4 is 54.4 Å². The van der Waals surface area contributed by atoms with E-state index in [0.29, 0.717) is 0 Å². The van der Waals surface area contributed by atoms with Gasteiger partial charge in [-0.3, -0.25) is 0 Å². The van der Waals surface area contributed by atoms with E-state index in [1.54, 1.807) is 0 Å². The number of hydrogen-bond donors (Lipinski definition) is 0. The molecule has 0 atom stereocenters. The summed E-state index contributed by atoms with van der Waals surface area (Å²) in [6, 6.07) is 73.4. The molecule has 0 N–H and O–H groups in total. The molecule has 9 aromatic carbocycles. The Bertz CT molecular complexity index is 3620. The lowest BCUT2D eigenvalue weighted by atomic mass is 9.63. The summed E-state index contributed by atoms with van der Waals surface area (Å²) in [7, 11) is 0. The first-order valence-corrected chi connectivity index (χ1v) is 22.6. The summed E-state index contributed by atoms with van der Waals surface area (Å²) >= 11 is 0. The van der Waals surface area contributed by atoms with Gasteiger partial charge in [0.1, 0.15) is 0 Å². The first-order chi connectivity index (χ1) is 30.7. The largest absolute Gasteiger partial charge is 0.309 e. The van der Waals surface area contributed by atoms with E-state index in [1.807, 2.05) is 0 Å². The Morgan fingerprint density at radius 2 is 0.905 bits per heavy atom. The molecule has 2 heteroatoms. The van der Waals surface area contributed by atoms with E-state index in [-0.39, 0.29) is 10.8 Å². The topological polar surface area (TPSA) is 9.86 Å². The summed E-state index contributed by atoms with van der Waals surface area (Å²) in [6.45, 7) is 9.81. The van der Waals surface area contributed by atoms with Crippen LogP contribution in [-0.4, -0.2) is 9.13 Å². The van der Waals surface area contributed by atoms with Crippen molar-refractivity contribution in [2.24, 2.45) is 0 Å². The predicted octanol–water partition coefficient (Wildman–Crippen LogP) is 15.7. The summed E-state index contributed by atoms with van der Waals surface area (Å²) in [5.41, 5.74) is 17.7. The maximum atomic E-state index is 2.61. The molecule has 2 aliphatic carbocycles. The van der Waals surface area contributed by atoms with Crippen LogP contribution in [0.2, 0.25) is 0 Å². The highest BCUT2D eigenvalue weighted by Crippen LogP contribution is 2.57. The molecule has 0 spiro atoms. The van der Waals surface area contributed by atoms with Gasteiger partial charge in [0.15, 0.2) is 0 Å². The number of aromatic nitrogens is 2. The Hall–Kier alpha value is -7.16. The molecular formula is C61H48N2. The van der Waals surface area contributed by atoms with Crippen molar-refractivity contribution in [2.75, 3.05) is 0 Å². The van der Waals surface area contributed by atoms with Crippen LogP contribution in [0, 0.1) is 0 Å². The average molecular weight is 809 g/mol. The van der Waals surface area contributed by atoms with Crippen LogP contribution in [0.4, 0.5) is 0 Å². The van der Waals surface area contributed by atoms with Crippen molar-refractivity contribution in [1.29, 1.82) is 0 Å². The van der Waals surface area contributed by atoms with Gasteiger partial charge >= 0.3 is 0 Å². The minimum absolute atomic E-state index is 0.0550. The molecule has 302 valence electrons. The van der Waals surface area contributed by atoms with Gasteiger partial charge in [-0.25, -0.2) is 0 Å². The Morgan fingerprint density at radius 3 is 1.63 bits per heavy atom. The van der Waals surface area contributed by atoms with Gasteiger partial charge in [-0.1, -0.05) is 167 Å². The molecule has 2 aliphatic rings. The molecule has 11 aromatic rings. The standard InChI is InChI=1S/C61H48N2/c1-59(2)32-33-60(3,4)53-37-55-48(36-52(53)59)47-35-49-57(62(42-23-12-7-13-24-42)54-31-28-39-18-14-15-25-44(39)58(49)54)38-56(47)63(55)43-29-30-46-45-26-16-17-27-50(45)61(51(46)34-43,40-19-8-5-9-20-40)41-21-10-6-11-22-41/h5-31,34-38H,32-33H2,1-4H3. The van der Waals surface area contributed by atoms with Crippen LogP contribution in [0.3, 0.4) is 0 Å². The number of fused-ring (bicyclic) bond motifs is 12. The van der Waals surface area contributed by atoms with E-state index in [9.17, 15) is 0 Å². The maximum absolute atomic E-state index is 2.61. The molecular weight excluding hydrogens is 761 g/mol. The second-order valence-electron chi connectivity index (χ2n) is 19.5. The van der Waals surface area contributed by atoms with Crippen molar-refractivity contribution in [3.8, 4) is 22.5 Å². The quantitative estimate of drug-likeness (QED) is 0.168. The summed E-state index contributed by atoms with van der Waals surface area (Å²) < 4.78 is 5.10. The lowest BCUT2D eigenvalue weighted by molar-refractivity contribution is 0.332. The van der Waals surface area contributed by atoms with E-state index in [4.69, 9.17) is 0 Å². The monoisotopic (exact) mass is 808 g/mol. The first kappa shape index (κ1) is 36.5. The number of benzene rings is 9. The van der Waals surface area contributed by atoms with E-state index in [1.165, 1.54) is 117 Å². The molecule has 0 fully saturated rings. The molecule has 0 unspecified atom stereocenters. The fourth-order valence-corrected chi connectivity index (χ4v) is 12.1. The summed E-state index contributed by atoms with van der Waals surface area (Å²) in [4.78, 5) is 0. The highest BCUT2D eigenvalue weighted by atomic mass is 15.0. The summed E-state index contributed by atoms with van der Waals surface area (Å²) in [5.74, 6) is 0. The second-order valence-corrected chi connectivity index (χ2v) is 19.5. The van der Waals surface area contributed by atoms with Gasteiger partial charge in [-0.05, 0) is 134 Å². The van der Waals surface area contributed by atoms with Gasteiger partial charge in [-0.15, -0.1) is 0 Å². The smallest absolute Gasteiger partial charge is 0.0714 e. The Morgan fingerprint density at radius 1 is 0.349 bits per heavy atom. The third kappa shape index (κ3) is 4.95. The SMILES string of the molecule is CC1(C)CCC(C)(C)c2cc3c(cc21)c1cc2c4c5ccccc5ccc4n(-c4ccccc4)c2cc1n3-c1ccc2c(c1)C(c1ccccc1)(c1ccccc1)c1ccccc1-2. The zero-order chi connectivity index (χ0) is 42.2. The van der Waals surface area contributed by atoms with Gasteiger partial charge in [0.05, 0.1) is 27.5 Å². The molecule has 0 aliphatic heterocycles. The number of para-hydroxylation sites is 1. The van der Waals surface area contributed by atoms with Crippen LogP contribution >= 0.6 is 0 Å². The minimum Gasteiger partial charge on any atom is -0.309 e. The van der Waals surface area contributed by atoms with Crippen LogP contribution < -0.4 is 0 Å². The van der Waals surface area contributed by atoms with Crippen LogP contribution in [0.25, 0.3) is 76.9 Å². The summed E-state index contributed by atoms with van der Waals surface area (Å²) in [5, 5.41) is 7.75. The molecule has 0 radical (unpaired) electrons. The van der Waals surface area contributed by atoms with Crippen molar-refractivity contribution in [2.45, 2.75) is 56.8 Å². The molecule has 13 rings (SSSR count). The lowest BCUT2D eigenvalue weighted by Gasteiger charge is -2.42. The third-order valence-corrected chi connectivity index (χ3v) is 15.2. The average Bonchev–Trinajstić information content (AvgIpc) is 3.93. The normalized spacial score (nSPS) is 15.9. The third-order valence-electron chi connectivity index (χ3n) is 15.2. The van der Waals surface area contributed by atoms with Crippen LogP contribution in [-0.2, 0) is 16.2 Å². The van der Waals surface area contributed by atoms with Crippen LogP contribution in [0.1, 0.15) is 73.9 Å². The Balaban J connectivity index is 1.20. The van der Waals surface area contributed by atoms with Crippen molar-refractivity contribution < 1.29 is 0 Å². The highest BCUT2D eigenvalue weighted by Gasteiger charge is 2.46. The van der Waals surface area contributed by atoms with Crippen LogP contribution in [0.15, 0.2) is 194 Å². The number of nitrogens with zero attached hydrogens (tertiary/aromatic N) is 2. The van der Waals surface area contributed by atoms with Gasteiger partial charge in [0.25, 0.3) is 0 Å². The fourth-order valence-electron chi connectivity index (χ4n) is 12.1. The molecule has 2 heterocycles. The van der Waals surface area contributed by atoms with E-state index >= 15 is 0 Å². The molecule has 63 heavy (non-hydrogen) atoms. The zero-order valence-corrected chi connectivity index (χ0v) is 36.3. The predicted molar refractivity (Wildman–Crippen MR) is 265 cm³/mol. The number of rotatable bonds is 4. The molecule has 0 saturated heterocycles. The van der Waals surface area contributed by atoms with Crippen molar-refractivity contribution in [3.05, 3.63) is 228 Å². The molecule has 0 saturated carbocycles. The highest BCUT2D eigenvalue weighted by molar-refractivity contribution is 6.25. The maximum Gasteiger partial charge on any atom is 0.0714 e. The van der Waals surface area contributed by atoms with Crippen molar-refractivity contribution in [1.82, 2.24) is 9.13 Å². The van der Waals surface area contributed by atoms with Crippen molar-refractivity contribution in [3.63, 3.8) is 0 Å². The van der Waals surface area contributed by atoms with E-state index in [2.05, 4.69) is 231 Å². The van der Waals surface area contributed by atoms with Gasteiger partial charge in [0.2, 0.25) is 0 Å². The lowest BCUT2D eigenvalue weighted by Crippen LogP contribution is -2.33. The molecule has 0 amide bonds.